The van der Waals surface area contributed by atoms with Crippen molar-refractivity contribution in [1.29, 1.82) is 0 Å². The minimum atomic E-state index is -0.964. The van der Waals surface area contributed by atoms with Gasteiger partial charge in [0.2, 0.25) is 0 Å². The number of carboxylic acids is 1. The fourth-order valence-electron chi connectivity index (χ4n) is 1.65. The van der Waals surface area contributed by atoms with Crippen molar-refractivity contribution in [3.8, 4) is 5.75 Å². The SMILES string of the molecule is COc1cc(Br)c(F)c(C(C)(C)CC(=O)O)c1. The van der Waals surface area contributed by atoms with Gasteiger partial charge in [-0.3, -0.25) is 4.79 Å². The number of halogens is 2. The number of hydrogen-bond donors (Lipinski definition) is 1. The molecule has 0 saturated carbocycles. The second-order valence-corrected chi connectivity index (χ2v) is 5.28. The number of rotatable bonds is 4. The molecule has 0 aromatic heterocycles. The second kappa shape index (κ2) is 5.04. The van der Waals surface area contributed by atoms with Crippen molar-refractivity contribution in [2.45, 2.75) is 25.7 Å². The van der Waals surface area contributed by atoms with Gasteiger partial charge in [-0.2, -0.15) is 0 Å². The quantitative estimate of drug-likeness (QED) is 0.928. The molecule has 0 amide bonds. The molecule has 0 fully saturated rings. The first-order chi connectivity index (χ1) is 7.77. The lowest BCUT2D eigenvalue weighted by molar-refractivity contribution is -0.138. The van der Waals surface area contributed by atoms with Crippen LogP contribution in [0.5, 0.6) is 5.75 Å². The molecule has 0 bridgehead atoms. The Kier molecular flexibility index (Phi) is 4.14. The van der Waals surface area contributed by atoms with E-state index in [0.29, 0.717) is 11.3 Å². The highest BCUT2D eigenvalue weighted by Gasteiger charge is 2.29. The Labute approximate surface area is 108 Å². The Morgan fingerprint density at radius 3 is 2.59 bits per heavy atom. The molecule has 94 valence electrons. The van der Waals surface area contributed by atoms with Gasteiger partial charge < -0.3 is 9.84 Å². The summed E-state index contributed by atoms with van der Waals surface area (Å²) in [6.07, 6.45) is -0.149. The molecule has 3 nitrogen and oxygen atoms in total. The summed E-state index contributed by atoms with van der Waals surface area (Å²) in [4.78, 5) is 10.8. The summed E-state index contributed by atoms with van der Waals surface area (Å²) in [5.41, 5.74) is -0.474. The van der Waals surface area contributed by atoms with Crippen LogP contribution in [0.2, 0.25) is 0 Å². The number of benzene rings is 1. The molecule has 0 spiro atoms. The number of hydrogen-bond acceptors (Lipinski definition) is 2. The Morgan fingerprint density at radius 2 is 2.12 bits per heavy atom. The third kappa shape index (κ3) is 3.19. The van der Waals surface area contributed by atoms with Crippen molar-refractivity contribution in [2.24, 2.45) is 0 Å². The van der Waals surface area contributed by atoms with E-state index in [1.54, 1.807) is 13.8 Å². The zero-order chi connectivity index (χ0) is 13.2. The smallest absolute Gasteiger partial charge is 0.304 e. The molecular formula is C12H14BrFO3. The highest BCUT2D eigenvalue weighted by molar-refractivity contribution is 9.10. The first-order valence-corrected chi connectivity index (χ1v) is 5.82. The van der Waals surface area contributed by atoms with Gasteiger partial charge in [-0.15, -0.1) is 0 Å². The molecule has 1 aromatic rings. The van der Waals surface area contributed by atoms with Crippen LogP contribution in [0.15, 0.2) is 16.6 Å². The van der Waals surface area contributed by atoms with Crippen molar-refractivity contribution in [2.75, 3.05) is 7.11 Å². The van der Waals surface area contributed by atoms with Crippen LogP contribution < -0.4 is 4.74 Å². The fraction of sp³-hybridized carbons (Fsp3) is 0.417. The summed E-state index contributed by atoms with van der Waals surface area (Å²) >= 11 is 3.09. The molecule has 1 aromatic carbocycles. The van der Waals surface area contributed by atoms with E-state index in [-0.39, 0.29) is 10.9 Å². The highest BCUT2D eigenvalue weighted by atomic mass is 79.9. The summed E-state index contributed by atoms with van der Waals surface area (Å²) < 4.78 is 19.3. The molecule has 0 unspecified atom stereocenters. The Balaban J connectivity index is 3.28. The van der Waals surface area contributed by atoms with Crippen molar-refractivity contribution < 1.29 is 19.0 Å². The van der Waals surface area contributed by atoms with Crippen molar-refractivity contribution in [3.63, 3.8) is 0 Å². The van der Waals surface area contributed by atoms with Gasteiger partial charge in [-0.05, 0) is 33.6 Å². The maximum Gasteiger partial charge on any atom is 0.304 e. The zero-order valence-electron chi connectivity index (χ0n) is 9.88. The van der Waals surface area contributed by atoms with Crippen LogP contribution in [0.3, 0.4) is 0 Å². The molecule has 0 aliphatic heterocycles. The van der Waals surface area contributed by atoms with Crippen LogP contribution in [-0.2, 0) is 10.2 Å². The molecule has 0 aliphatic carbocycles. The van der Waals surface area contributed by atoms with E-state index in [4.69, 9.17) is 9.84 Å². The molecule has 1 N–H and O–H groups in total. The summed E-state index contributed by atoms with van der Waals surface area (Å²) in [6, 6.07) is 3.04. The normalized spacial score (nSPS) is 11.4. The van der Waals surface area contributed by atoms with Crippen LogP contribution in [0.25, 0.3) is 0 Å². The van der Waals surface area contributed by atoms with Gasteiger partial charge in [0.1, 0.15) is 11.6 Å². The maximum absolute atomic E-state index is 14.0. The third-order valence-corrected chi connectivity index (χ3v) is 3.14. The number of carboxylic acid groups (broad SMARTS) is 1. The maximum atomic E-state index is 14.0. The fourth-order valence-corrected chi connectivity index (χ4v) is 2.09. The molecule has 0 saturated heterocycles. The lowest BCUT2D eigenvalue weighted by Crippen LogP contribution is -2.23. The predicted octanol–water partition coefficient (Wildman–Crippen LogP) is 3.35. The number of ether oxygens (including phenoxy) is 1. The van der Waals surface area contributed by atoms with E-state index < -0.39 is 17.2 Å². The van der Waals surface area contributed by atoms with Gasteiger partial charge in [0.25, 0.3) is 0 Å². The predicted molar refractivity (Wildman–Crippen MR) is 65.9 cm³/mol. The van der Waals surface area contributed by atoms with Crippen LogP contribution in [0.4, 0.5) is 4.39 Å². The standard InChI is InChI=1S/C12H14BrFO3/c1-12(2,6-10(15)16)8-4-7(17-3)5-9(13)11(8)14/h4-5H,6H2,1-3H3,(H,15,16). The molecule has 0 heterocycles. The zero-order valence-corrected chi connectivity index (χ0v) is 11.5. The minimum absolute atomic E-state index is 0.149. The van der Waals surface area contributed by atoms with Crippen molar-refractivity contribution in [1.82, 2.24) is 0 Å². The van der Waals surface area contributed by atoms with Crippen molar-refractivity contribution >= 4 is 21.9 Å². The van der Waals surface area contributed by atoms with Crippen LogP contribution >= 0.6 is 15.9 Å². The first-order valence-electron chi connectivity index (χ1n) is 5.03. The monoisotopic (exact) mass is 304 g/mol. The average Bonchev–Trinajstić information content (AvgIpc) is 2.19. The van der Waals surface area contributed by atoms with E-state index in [1.165, 1.54) is 19.2 Å². The van der Waals surface area contributed by atoms with Gasteiger partial charge in [-0.1, -0.05) is 13.8 Å². The topological polar surface area (TPSA) is 46.5 Å². The third-order valence-electron chi connectivity index (χ3n) is 2.56. The van der Waals surface area contributed by atoms with E-state index >= 15 is 0 Å². The van der Waals surface area contributed by atoms with Crippen LogP contribution in [0, 0.1) is 5.82 Å². The van der Waals surface area contributed by atoms with Gasteiger partial charge in [0, 0.05) is 5.41 Å². The average molecular weight is 305 g/mol. The lowest BCUT2D eigenvalue weighted by atomic mass is 9.81. The molecule has 1 rings (SSSR count). The molecule has 0 atom stereocenters. The second-order valence-electron chi connectivity index (χ2n) is 4.43. The number of carbonyl (C=O) groups is 1. The summed E-state index contributed by atoms with van der Waals surface area (Å²) in [5.74, 6) is -0.919. The molecule has 17 heavy (non-hydrogen) atoms. The summed E-state index contributed by atoms with van der Waals surface area (Å²) in [6.45, 7) is 3.37. The number of methoxy groups -OCH3 is 1. The van der Waals surface area contributed by atoms with Gasteiger partial charge in [-0.25, -0.2) is 4.39 Å². The van der Waals surface area contributed by atoms with Gasteiger partial charge in [0.05, 0.1) is 18.0 Å². The summed E-state index contributed by atoms with van der Waals surface area (Å²) in [7, 11) is 1.48. The van der Waals surface area contributed by atoms with Crippen LogP contribution in [-0.4, -0.2) is 18.2 Å². The Hall–Kier alpha value is -1.10. The minimum Gasteiger partial charge on any atom is -0.497 e. The van der Waals surface area contributed by atoms with Crippen LogP contribution in [0.1, 0.15) is 25.8 Å². The van der Waals surface area contributed by atoms with E-state index in [9.17, 15) is 9.18 Å². The van der Waals surface area contributed by atoms with Gasteiger partial charge >= 0.3 is 5.97 Å². The number of aliphatic carboxylic acids is 1. The highest BCUT2D eigenvalue weighted by Crippen LogP contribution is 2.35. The Bertz CT molecular complexity index is 444. The van der Waals surface area contributed by atoms with Gasteiger partial charge in [0.15, 0.2) is 0 Å². The largest absolute Gasteiger partial charge is 0.497 e. The summed E-state index contributed by atoms with van der Waals surface area (Å²) in [5, 5.41) is 8.83. The molecular weight excluding hydrogens is 291 g/mol. The van der Waals surface area contributed by atoms with Crippen molar-refractivity contribution in [3.05, 3.63) is 28.0 Å². The first kappa shape index (κ1) is 14.0. The van der Waals surface area contributed by atoms with E-state index in [1.807, 2.05) is 0 Å². The molecule has 0 aliphatic rings. The Morgan fingerprint density at radius 1 is 1.53 bits per heavy atom. The molecule has 0 radical (unpaired) electrons. The lowest BCUT2D eigenvalue weighted by Gasteiger charge is -2.24. The molecule has 5 heteroatoms. The van der Waals surface area contributed by atoms with E-state index in [2.05, 4.69) is 15.9 Å². The van der Waals surface area contributed by atoms with E-state index in [0.717, 1.165) is 0 Å².